The van der Waals surface area contributed by atoms with Crippen molar-refractivity contribution >= 4 is 11.7 Å². The van der Waals surface area contributed by atoms with Crippen LogP contribution in [0.1, 0.15) is 11.1 Å². The highest BCUT2D eigenvalue weighted by atomic mass is 16.5. The minimum absolute atomic E-state index is 0.678. The first kappa shape index (κ1) is 12.8. The zero-order valence-corrected chi connectivity index (χ0v) is 12.3. The number of H-pyrrole nitrogens is 1. The second kappa shape index (κ2) is 4.84. The molecular weight excluding hydrogens is 282 g/mol. The van der Waals surface area contributed by atoms with E-state index in [1.54, 1.807) is 20.5 Å². The maximum atomic E-state index is 5.37. The third kappa shape index (κ3) is 1.84. The molecule has 0 unspecified atom stereocenters. The first-order valence-electron chi connectivity index (χ1n) is 6.93. The van der Waals surface area contributed by atoms with Crippen molar-refractivity contribution in [1.29, 1.82) is 0 Å². The van der Waals surface area contributed by atoms with E-state index in [2.05, 4.69) is 15.5 Å². The monoisotopic (exact) mass is 297 g/mol. The highest BCUT2D eigenvalue weighted by Gasteiger charge is 2.27. The third-order valence-electron chi connectivity index (χ3n) is 3.87. The van der Waals surface area contributed by atoms with Crippen LogP contribution in [-0.4, -0.2) is 24.4 Å². The van der Waals surface area contributed by atoms with Gasteiger partial charge in [0.15, 0.2) is 17.4 Å². The molecule has 2 N–H and O–H groups in total. The first-order chi connectivity index (χ1) is 10.8. The van der Waals surface area contributed by atoms with E-state index in [9.17, 15) is 0 Å². The Bertz CT molecular complexity index is 822. The average Bonchev–Trinajstić information content (AvgIpc) is 3.24. The minimum atomic E-state index is 0.678. The maximum Gasteiger partial charge on any atom is 0.198 e. The van der Waals surface area contributed by atoms with Gasteiger partial charge in [-0.05, 0) is 23.8 Å². The molecule has 2 aromatic heterocycles. The Hall–Kier alpha value is -2.89. The van der Waals surface area contributed by atoms with Crippen LogP contribution in [0.4, 0.5) is 11.7 Å². The van der Waals surface area contributed by atoms with Gasteiger partial charge in [-0.1, -0.05) is 0 Å². The Balaban J connectivity index is 1.74. The predicted octanol–water partition coefficient (Wildman–Crippen LogP) is 3.33. The average molecular weight is 297 g/mol. The Morgan fingerprint density at radius 1 is 1.23 bits per heavy atom. The number of anilines is 2. The van der Waals surface area contributed by atoms with Crippen molar-refractivity contribution in [3.63, 3.8) is 0 Å². The molecule has 0 amide bonds. The third-order valence-corrected chi connectivity index (χ3v) is 3.87. The summed E-state index contributed by atoms with van der Waals surface area (Å²) in [5.41, 5.74) is 4.29. The van der Waals surface area contributed by atoms with Gasteiger partial charge >= 0.3 is 0 Å². The summed E-state index contributed by atoms with van der Waals surface area (Å²) in [4.78, 5) is 0. The molecule has 0 spiro atoms. The molecule has 6 nitrogen and oxygen atoms in total. The number of furan rings is 1. The van der Waals surface area contributed by atoms with Crippen molar-refractivity contribution in [2.75, 3.05) is 19.5 Å². The summed E-state index contributed by atoms with van der Waals surface area (Å²) in [5.74, 6) is 2.96. The second-order valence-corrected chi connectivity index (χ2v) is 5.07. The smallest absolute Gasteiger partial charge is 0.198 e. The maximum absolute atomic E-state index is 5.37. The van der Waals surface area contributed by atoms with Gasteiger partial charge < -0.3 is 19.2 Å². The van der Waals surface area contributed by atoms with E-state index in [0.717, 1.165) is 34.8 Å². The van der Waals surface area contributed by atoms with Crippen LogP contribution >= 0.6 is 0 Å². The van der Waals surface area contributed by atoms with Gasteiger partial charge in [-0.25, -0.2) is 0 Å². The number of methoxy groups -OCH3 is 2. The molecule has 1 aliphatic rings. The molecule has 1 aromatic carbocycles. The van der Waals surface area contributed by atoms with Gasteiger partial charge in [-0.15, -0.1) is 0 Å². The van der Waals surface area contributed by atoms with Crippen molar-refractivity contribution in [3.05, 3.63) is 41.7 Å². The molecule has 22 heavy (non-hydrogen) atoms. The Labute approximate surface area is 127 Å². The second-order valence-electron chi connectivity index (χ2n) is 5.07. The van der Waals surface area contributed by atoms with Crippen molar-refractivity contribution in [2.24, 2.45) is 0 Å². The SMILES string of the molecule is COc1cc2c(cc1OC)-c1n[nH]c(Nc3ccco3)c1C2. The first-order valence-corrected chi connectivity index (χ1v) is 6.93. The molecule has 3 aromatic rings. The number of aromatic nitrogens is 2. The van der Waals surface area contributed by atoms with Crippen LogP contribution in [0.3, 0.4) is 0 Å². The van der Waals surface area contributed by atoms with E-state index in [-0.39, 0.29) is 0 Å². The van der Waals surface area contributed by atoms with Gasteiger partial charge in [0.2, 0.25) is 0 Å². The lowest BCUT2D eigenvalue weighted by Gasteiger charge is -2.10. The number of fused-ring (bicyclic) bond motifs is 3. The summed E-state index contributed by atoms with van der Waals surface area (Å²) >= 11 is 0. The van der Waals surface area contributed by atoms with Gasteiger partial charge in [-0.2, -0.15) is 5.10 Å². The summed E-state index contributed by atoms with van der Waals surface area (Å²) in [5, 5.41) is 10.7. The van der Waals surface area contributed by atoms with E-state index >= 15 is 0 Å². The number of ether oxygens (including phenoxy) is 2. The molecule has 6 heteroatoms. The van der Waals surface area contributed by atoms with Gasteiger partial charge in [0, 0.05) is 23.6 Å². The quantitative estimate of drug-likeness (QED) is 0.604. The van der Waals surface area contributed by atoms with Crippen LogP contribution in [0.5, 0.6) is 11.5 Å². The molecular formula is C16H15N3O3. The minimum Gasteiger partial charge on any atom is -0.493 e. The van der Waals surface area contributed by atoms with Crippen LogP contribution in [0.15, 0.2) is 34.9 Å². The summed E-state index contributed by atoms with van der Waals surface area (Å²) in [6, 6.07) is 7.68. The van der Waals surface area contributed by atoms with Crippen molar-refractivity contribution in [3.8, 4) is 22.8 Å². The van der Waals surface area contributed by atoms with Crippen LogP contribution in [0.25, 0.3) is 11.3 Å². The largest absolute Gasteiger partial charge is 0.493 e. The van der Waals surface area contributed by atoms with Gasteiger partial charge in [0.05, 0.1) is 26.2 Å². The van der Waals surface area contributed by atoms with Crippen molar-refractivity contribution in [2.45, 2.75) is 6.42 Å². The fourth-order valence-electron chi connectivity index (χ4n) is 2.81. The van der Waals surface area contributed by atoms with Crippen LogP contribution in [0, 0.1) is 0 Å². The normalized spacial score (nSPS) is 11.9. The van der Waals surface area contributed by atoms with Gasteiger partial charge in [0.25, 0.3) is 0 Å². The zero-order valence-electron chi connectivity index (χ0n) is 12.3. The van der Waals surface area contributed by atoms with E-state index < -0.39 is 0 Å². The van der Waals surface area contributed by atoms with E-state index in [0.29, 0.717) is 11.6 Å². The summed E-state index contributed by atoms with van der Waals surface area (Å²) in [6.07, 6.45) is 2.41. The number of hydrogen-bond donors (Lipinski definition) is 2. The molecule has 0 radical (unpaired) electrons. The number of hydrogen-bond acceptors (Lipinski definition) is 5. The van der Waals surface area contributed by atoms with Gasteiger partial charge in [0.1, 0.15) is 5.82 Å². The van der Waals surface area contributed by atoms with Gasteiger partial charge in [-0.3, -0.25) is 5.10 Å². The lowest BCUT2D eigenvalue weighted by molar-refractivity contribution is 0.355. The fraction of sp³-hybridized carbons (Fsp3) is 0.188. The number of aromatic amines is 1. The molecule has 0 fully saturated rings. The Morgan fingerprint density at radius 2 is 2.05 bits per heavy atom. The zero-order chi connectivity index (χ0) is 15.1. The predicted molar refractivity (Wildman–Crippen MR) is 81.9 cm³/mol. The fourth-order valence-corrected chi connectivity index (χ4v) is 2.81. The molecule has 112 valence electrons. The highest BCUT2D eigenvalue weighted by Crippen LogP contribution is 2.44. The molecule has 0 aliphatic heterocycles. The van der Waals surface area contributed by atoms with Crippen LogP contribution in [-0.2, 0) is 6.42 Å². The lowest BCUT2D eigenvalue weighted by Crippen LogP contribution is -1.95. The molecule has 2 heterocycles. The van der Waals surface area contributed by atoms with E-state index in [1.807, 2.05) is 24.3 Å². The summed E-state index contributed by atoms with van der Waals surface area (Å²) in [7, 11) is 3.27. The topological polar surface area (TPSA) is 72.3 Å². The number of benzene rings is 1. The highest BCUT2D eigenvalue weighted by molar-refractivity contribution is 5.81. The number of rotatable bonds is 4. The van der Waals surface area contributed by atoms with E-state index in [1.165, 1.54) is 5.56 Å². The summed E-state index contributed by atoms with van der Waals surface area (Å²) < 4.78 is 16.1. The molecule has 4 rings (SSSR count). The van der Waals surface area contributed by atoms with Crippen molar-refractivity contribution in [1.82, 2.24) is 10.2 Å². The number of nitrogens with one attached hydrogen (secondary N) is 2. The lowest BCUT2D eigenvalue weighted by atomic mass is 10.1. The standard InChI is InChI=1S/C16H15N3O3/c1-20-12-7-9-6-11-15(10(9)8-13(12)21-2)18-19-16(11)17-14-4-3-5-22-14/h3-5,7-8H,6H2,1-2H3,(H2,17,18,19). The molecule has 1 aliphatic carbocycles. The van der Waals surface area contributed by atoms with Crippen LogP contribution < -0.4 is 14.8 Å². The number of nitrogens with zero attached hydrogens (tertiary/aromatic N) is 1. The molecule has 0 saturated heterocycles. The Morgan fingerprint density at radius 3 is 2.77 bits per heavy atom. The van der Waals surface area contributed by atoms with E-state index in [4.69, 9.17) is 13.9 Å². The van der Waals surface area contributed by atoms with Crippen molar-refractivity contribution < 1.29 is 13.9 Å². The van der Waals surface area contributed by atoms with Crippen LogP contribution in [0.2, 0.25) is 0 Å². The molecule has 0 atom stereocenters. The molecule has 0 bridgehead atoms. The molecule has 0 saturated carbocycles. The Kier molecular flexibility index (Phi) is 2.82. The summed E-state index contributed by atoms with van der Waals surface area (Å²) in [6.45, 7) is 0.